The van der Waals surface area contributed by atoms with Gasteiger partial charge < -0.3 is 19.6 Å². The second-order valence-corrected chi connectivity index (χ2v) is 6.84. The van der Waals surface area contributed by atoms with Crippen LogP contribution in [0.3, 0.4) is 0 Å². The summed E-state index contributed by atoms with van der Waals surface area (Å²) in [7, 11) is 1.73. The fourth-order valence-corrected chi connectivity index (χ4v) is 3.68. The Bertz CT molecular complexity index is 607. The normalized spacial score (nSPS) is 26.1. The maximum Gasteiger partial charge on any atom is 0.224 e. The molecule has 1 aliphatic heterocycles. The highest BCUT2D eigenvalue weighted by atomic mass is 16.5. The summed E-state index contributed by atoms with van der Waals surface area (Å²) in [6.45, 7) is 1.21. The number of nitrogens with zero attached hydrogens (tertiary/aromatic N) is 2. The Hall–Kier alpha value is -2.08. The van der Waals surface area contributed by atoms with Crippen molar-refractivity contribution in [1.82, 2.24) is 9.80 Å². The van der Waals surface area contributed by atoms with E-state index in [9.17, 15) is 14.7 Å². The summed E-state index contributed by atoms with van der Waals surface area (Å²) >= 11 is 0. The number of amides is 2. The lowest BCUT2D eigenvalue weighted by molar-refractivity contribution is -0.135. The average molecular weight is 346 g/mol. The van der Waals surface area contributed by atoms with Crippen LogP contribution in [0, 0.1) is 0 Å². The first-order valence-corrected chi connectivity index (χ1v) is 8.99. The number of aliphatic hydroxyl groups excluding tert-OH is 1. The lowest BCUT2D eigenvalue weighted by Gasteiger charge is -2.29. The van der Waals surface area contributed by atoms with Crippen LogP contribution in [0.25, 0.3) is 0 Å². The van der Waals surface area contributed by atoms with Gasteiger partial charge in [-0.2, -0.15) is 0 Å². The minimum atomic E-state index is -0.706. The van der Waals surface area contributed by atoms with Crippen molar-refractivity contribution in [1.29, 1.82) is 0 Å². The Balaban J connectivity index is 1.50. The van der Waals surface area contributed by atoms with Gasteiger partial charge in [-0.3, -0.25) is 9.59 Å². The van der Waals surface area contributed by atoms with Crippen molar-refractivity contribution in [2.75, 3.05) is 20.1 Å². The third-order valence-corrected chi connectivity index (χ3v) is 5.21. The predicted molar refractivity (Wildman–Crippen MR) is 93.1 cm³/mol. The number of likely N-dealkylation sites (tertiary alicyclic amines) is 1. The van der Waals surface area contributed by atoms with E-state index in [-0.39, 0.29) is 24.0 Å². The van der Waals surface area contributed by atoms with Crippen LogP contribution in [-0.4, -0.2) is 65.1 Å². The molecule has 0 bridgehead atoms. The first-order chi connectivity index (χ1) is 12.1. The van der Waals surface area contributed by atoms with Crippen molar-refractivity contribution < 1.29 is 19.4 Å². The largest absolute Gasteiger partial charge is 0.488 e. The molecule has 1 aliphatic carbocycles. The Labute approximate surface area is 148 Å². The van der Waals surface area contributed by atoms with Crippen LogP contribution >= 0.6 is 0 Å². The summed E-state index contributed by atoms with van der Waals surface area (Å²) in [5, 5.41) is 10.6. The number of benzene rings is 1. The molecule has 1 saturated carbocycles. The molecule has 0 spiro atoms. The number of para-hydroxylation sites is 1. The molecule has 1 aromatic rings. The van der Waals surface area contributed by atoms with Gasteiger partial charge in [-0.1, -0.05) is 18.2 Å². The molecule has 6 nitrogen and oxygen atoms in total. The lowest BCUT2D eigenvalue weighted by Crippen LogP contribution is -2.46. The number of rotatable bonds is 6. The zero-order chi connectivity index (χ0) is 17.8. The molecule has 6 heteroatoms. The van der Waals surface area contributed by atoms with Crippen LogP contribution in [-0.2, 0) is 9.59 Å². The molecule has 0 unspecified atom stereocenters. The Kier molecular flexibility index (Phi) is 5.58. The maximum atomic E-state index is 12.4. The summed E-state index contributed by atoms with van der Waals surface area (Å²) in [4.78, 5) is 27.4. The van der Waals surface area contributed by atoms with Crippen LogP contribution in [0.1, 0.15) is 32.1 Å². The van der Waals surface area contributed by atoms with E-state index in [0.717, 1.165) is 18.7 Å². The molecule has 25 heavy (non-hydrogen) atoms. The smallest absolute Gasteiger partial charge is 0.224 e. The first-order valence-electron chi connectivity index (χ1n) is 8.99. The molecule has 1 N–H and O–H groups in total. The molecule has 2 fully saturated rings. The monoisotopic (exact) mass is 346 g/mol. The predicted octanol–water partition coefficient (Wildman–Crippen LogP) is 1.43. The van der Waals surface area contributed by atoms with E-state index >= 15 is 0 Å². The molecule has 1 heterocycles. The van der Waals surface area contributed by atoms with Crippen molar-refractivity contribution in [3.63, 3.8) is 0 Å². The van der Waals surface area contributed by atoms with Crippen LogP contribution in [0.15, 0.2) is 30.3 Å². The third kappa shape index (κ3) is 4.12. The molecule has 0 radical (unpaired) electrons. The third-order valence-electron chi connectivity index (χ3n) is 5.21. The first kappa shape index (κ1) is 17.7. The van der Waals surface area contributed by atoms with E-state index in [0.29, 0.717) is 32.2 Å². The zero-order valence-corrected chi connectivity index (χ0v) is 14.6. The quantitative estimate of drug-likeness (QED) is 0.846. The average Bonchev–Trinajstić information content (AvgIpc) is 3.19. The molecule has 3 rings (SSSR count). The number of carbonyl (C=O) groups excluding carboxylic acids is 2. The molecule has 0 aromatic heterocycles. The molecule has 1 saturated heterocycles. The molecule has 2 aliphatic rings. The van der Waals surface area contributed by atoms with Gasteiger partial charge in [0.25, 0.3) is 0 Å². The van der Waals surface area contributed by atoms with Gasteiger partial charge in [0, 0.05) is 33.0 Å². The zero-order valence-electron chi connectivity index (χ0n) is 14.6. The Morgan fingerprint density at radius 2 is 2.08 bits per heavy atom. The fourth-order valence-electron chi connectivity index (χ4n) is 3.68. The second kappa shape index (κ2) is 7.87. The van der Waals surface area contributed by atoms with Crippen LogP contribution in [0.2, 0.25) is 0 Å². The van der Waals surface area contributed by atoms with Crippen LogP contribution < -0.4 is 4.74 Å². The second-order valence-electron chi connectivity index (χ2n) is 6.84. The number of carbonyl (C=O) groups is 2. The minimum Gasteiger partial charge on any atom is -0.488 e. The SMILES string of the molecule is CN(C(=O)CCN1CCCC1=O)[C@@H]1CC[C@@H](Oc2ccccc2)[C@@H]1O. The van der Waals surface area contributed by atoms with E-state index in [1.54, 1.807) is 16.8 Å². The van der Waals surface area contributed by atoms with Gasteiger partial charge in [0.2, 0.25) is 11.8 Å². The lowest BCUT2D eigenvalue weighted by atomic mass is 10.1. The molecule has 136 valence electrons. The summed E-state index contributed by atoms with van der Waals surface area (Å²) in [6.07, 6.45) is 2.18. The molecular formula is C19H26N2O4. The van der Waals surface area contributed by atoms with Gasteiger partial charge in [0.05, 0.1) is 6.04 Å². The summed E-state index contributed by atoms with van der Waals surface area (Å²) in [5.74, 6) is 0.825. The summed E-state index contributed by atoms with van der Waals surface area (Å²) in [5.41, 5.74) is 0. The van der Waals surface area contributed by atoms with E-state index in [2.05, 4.69) is 0 Å². The van der Waals surface area contributed by atoms with E-state index in [4.69, 9.17) is 4.74 Å². The van der Waals surface area contributed by atoms with Crippen molar-refractivity contribution in [2.45, 2.75) is 50.4 Å². The molecule has 3 atom stereocenters. The standard InChI is InChI=1S/C19H26N2O4/c1-20(17(22)11-13-21-12-5-8-18(21)23)15-9-10-16(19(15)24)25-14-6-3-2-4-7-14/h2-4,6-7,15-16,19,24H,5,8-13H2,1H3/t15-,16-,19-/m1/s1. The highest BCUT2D eigenvalue weighted by molar-refractivity contribution is 5.80. The highest BCUT2D eigenvalue weighted by Crippen LogP contribution is 2.28. The van der Waals surface area contributed by atoms with Gasteiger partial charge in [-0.25, -0.2) is 0 Å². The van der Waals surface area contributed by atoms with Crippen molar-refractivity contribution in [2.24, 2.45) is 0 Å². The topological polar surface area (TPSA) is 70.1 Å². The minimum absolute atomic E-state index is 0.0379. The van der Waals surface area contributed by atoms with Gasteiger partial charge in [-0.05, 0) is 31.4 Å². The molecule has 2 amide bonds. The summed E-state index contributed by atoms with van der Waals surface area (Å²) in [6, 6.07) is 9.19. The number of likely N-dealkylation sites (N-methyl/N-ethyl adjacent to an activating group) is 1. The molecular weight excluding hydrogens is 320 g/mol. The van der Waals surface area contributed by atoms with Crippen LogP contribution in [0.5, 0.6) is 5.75 Å². The van der Waals surface area contributed by atoms with Gasteiger partial charge in [0.1, 0.15) is 18.0 Å². The van der Waals surface area contributed by atoms with Crippen molar-refractivity contribution >= 4 is 11.8 Å². The van der Waals surface area contributed by atoms with Crippen molar-refractivity contribution in [3.8, 4) is 5.75 Å². The van der Waals surface area contributed by atoms with E-state index in [1.807, 2.05) is 30.3 Å². The van der Waals surface area contributed by atoms with E-state index < -0.39 is 6.10 Å². The van der Waals surface area contributed by atoms with Gasteiger partial charge in [0.15, 0.2) is 0 Å². The van der Waals surface area contributed by atoms with E-state index in [1.165, 1.54) is 0 Å². The summed E-state index contributed by atoms with van der Waals surface area (Å²) < 4.78 is 5.86. The Morgan fingerprint density at radius 1 is 1.32 bits per heavy atom. The number of hydrogen-bond acceptors (Lipinski definition) is 4. The fraction of sp³-hybridized carbons (Fsp3) is 0.579. The number of ether oxygens (including phenoxy) is 1. The van der Waals surface area contributed by atoms with Gasteiger partial charge in [-0.15, -0.1) is 0 Å². The number of aliphatic hydroxyl groups is 1. The highest BCUT2D eigenvalue weighted by Gasteiger charge is 2.40. The molecule has 1 aromatic carbocycles. The van der Waals surface area contributed by atoms with Crippen LogP contribution in [0.4, 0.5) is 0 Å². The van der Waals surface area contributed by atoms with Gasteiger partial charge >= 0.3 is 0 Å². The van der Waals surface area contributed by atoms with Crippen molar-refractivity contribution in [3.05, 3.63) is 30.3 Å². The number of hydrogen-bond donors (Lipinski definition) is 1. The Morgan fingerprint density at radius 3 is 2.76 bits per heavy atom. The maximum absolute atomic E-state index is 12.4.